The number of carbonyl (C=O) groups excluding carboxylic acids is 1. The van der Waals surface area contributed by atoms with Crippen molar-refractivity contribution in [2.45, 2.75) is 46.3 Å². The Hall–Kier alpha value is -4.82. The fraction of sp³-hybridized carbons (Fsp3) is 0.273. The van der Waals surface area contributed by atoms with Crippen molar-refractivity contribution in [3.8, 4) is 23.1 Å². The van der Waals surface area contributed by atoms with Gasteiger partial charge in [0.15, 0.2) is 0 Å². The molecular weight excluding hydrogens is 705 g/mol. The number of benzene rings is 4. The summed E-state index contributed by atoms with van der Waals surface area (Å²) in [5.74, 6) is 3.00. The topological polar surface area (TPSA) is 64.1 Å². The molecular formula is C44H45Cl2N3O4. The Labute approximate surface area is 322 Å². The van der Waals surface area contributed by atoms with Gasteiger partial charge < -0.3 is 19.1 Å². The molecule has 0 aliphatic carbocycles. The Balaban J connectivity index is 0.926. The summed E-state index contributed by atoms with van der Waals surface area (Å²) in [6.07, 6.45) is 5.84. The quantitative estimate of drug-likeness (QED) is 0.105. The average Bonchev–Trinajstić information content (AvgIpc) is 3.17. The third-order valence-electron chi connectivity index (χ3n) is 9.29. The number of hydrogen-bond donors (Lipinski definition) is 0. The Morgan fingerprint density at radius 1 is 0.830 bits per heavy atom. The lowest BCUT2D eigenvalue weighted by molar-refractivity contribution is -0.127. The zero-order valence-electron chi connectivity index (χ0n) is 30.4. The smallest absolute Gasteiger partial charge is 0.246 e. The summed E-state index contributed by atoms with van der Waals surface area (Å²) in [6, 6.07) is 31.9. The monoisotopic (exact) mass is 749 g/mol. The van der Waals surface area contributed by atoms with Crippen LogP contribution in [0.4, 0.5) is 0 Å². The molecule has 1 saturated heterocycles. The normalized spacial score (nSPS) is 13.4. The van der Waals surface area contributed by atoms with E-state index in [0.29, 0.717) is 59.6 Å². The van der Waals surface area contributed by atoms with Crippen molar-refractivity contribution in [1.29, 1.82) is 0 Å². The lowest BCUT2D eigenvalue weighted by atomic mass is 10.0. The maximum atomic E-state index is 13.1. The molecule has 0 N–H and O–H groups in total. The van der Waals surface area contributed by atoms with E-state index < -0.39 is 0 Å². The van der Waals surface area contributed by atoms with E-state index in [1.165, 1.54) is 16.7 Å². The molecule has 0 radical (unpaired) electrons. The van der Waals surface area contributed by atoms with Gasteiger partial charge in [-0.1, -0.05) is 91.6 Å². The summed E-state index contributed by atoms with van der Waals surface area (Å²) in [5.41, 5.74) is 6.35. The second-order valence-electron chi connectivity index (χ2n) is 13.5. The first-order valence-corrected chi connectivity index (χ1v) is 18.8. The van der Waals surface area contributed by atoms with Crippen molar-refractivity contribution in [2.75, 3.05) is 32.8 Å². The molecule has 0 unspecified atom stereocenters. The molecule has 5 aromatic rings. The number of hydrogen-bond acceptors (Lipinski definition) is 6. The fourth-order valence-electron chi connectivity index (χ4n) is 6.02. The molecule has 1 fully saturated rings. The Bertz CT molecular complexity index is 1990. The number of nitrogens with zero attached hydrogens (tertiary/aromatic N) is 3. The van der Waals surface area contributed by atoms with Crippen molar-refractivity contribution >= 4 is 35.2 Å². The van der Waals surface area contributed by atoms with Gasteiger partial charge in [-0.3, -0.25) is 9.69 Å². The van der Waals surface area contributed by atoms with Crippen LogP contribution in [0.15, 0.2) is 109 Å². The van der Waals surface area contributed by atoms with E-state index in [4.69, 9.17) is 37.4 Å². The molecule has 1 amide bonds. The summed E-state index contributed by atoms with van der Waals surface area (Å²) in [7, 11) is 0. The molecule has 9 heteroatoms. The highest BCUT2D eigenvalue weighted by molar-refractivity contribution is 6.32. The first-order chi connectivity index (χ1) is 25.7. The van der Waals surface area contributed by atoms with E-state index in [-0.39, 0.29) is 5.91 Å². The predicted octanol–water partition coefficient (Wildman–Crippen LogP) is 10.2. The number of amides is 1. The van der Waals surface area contributed by atoms with Crippen LogP contribution in [0.25, 0.3) is 6.08 Å². The first-order valence-electron chi connectivity index (χ1n) is 18.0. The molecule has 1 aliphatic rings. The van der Waals surface area contributed by atoms with E-state index in [1.807, 2.05) is 42.2 Å². The molecule has 53 heavy (non-hydrogen) atoms. The van der Waals surface area contributed by atoms with Gasteiger partial charge in [-0.15, -0.1) is 0 Å². The van der Waals surface area contributed by atoms with E-state index in [1.54, 1.807) is 36.5 Å². The summed E-state index contributed by atoms with van der Waals surface area (Å²) in [5, 5.41) is 1.14. The average molecular weight is 751 g/mol. The molecule has 0 bridgehead atoms. The van der Waals surface area contributed by atoms with Crippen LogP contribution in [0.1, 0.15) is 53.1 Å². The van der Waals surface area contributed by atoms with E-state index in [0.717, 1.165) is 48.5 Å². The Morgan fingerprint density at radius 3 is 2.25 bits per heavy atom. The summed E-state index contributed by atoms with van der Waals surface area (Å²) in [6.45, 7) is 11.1. The molecule has 0 spiro atoms. The standard InChI is InChI=1S/C44H45Cl2N3O4/c1-31(2)35-12-15-38(16-13-35)51-25-20-33-8-10-34(11-9-33)29-48-21-23-49(24-22-48)44(50)19-14-36-26-32(3)42(27-41(36)46)53-43-18-17-39(28-47-43)52-30-37-6-4-5-7-40(37)45/h4-19,26-28,31H,20-25,29-30H2,1-3H3. The molecule has 4 aromatic carbocycles. The number of aromatic nitrogens is 1. The highest BCUT2D eigenvalue weighted by atomic mass is 35.5. The van der Waals surface area contributed by atoms with Crippen LogP contribution in [0.3, 0.4) is 0 Å². The molecule has 1 aromatic heterocycles. The van der Waals surface area contributed by atoms with Crippen LogP contribution in [0.5, 0.6) is 23.1 Å². The van der Waals surface area contributed by atoms with Gasteiger partial charge in [0.2, 0.25) is 11.8 Å². The third-order valence-corrected chi connectivity index (χ3v) is 9.99. The van der Waals surface area contributed by atoms with Gasteiger partial charge in [0.25, 0.3) is 0 Å². The van der Waals surface area contributed by atoms with Crippen LogP contribution in [0, 0.1) is 6.92 Å². The molecule has 0 atom stereocenters. The third kappa shape index (κ3) is 10.9. The summed E-state index contributed by atoms with van der Waals surface area (Å²) in [4.78, 5) is 21.7. The minimum atomic E-state index is -0.0258. The van der Waals surface area contributed by atoms with Crippen LogP contribution in [0.2, 0.25) is 10.0 Å². The van der Waals surface area contributed by atoms with Crippen molar-refractivity contribution in [3.63, 3.8) is 0 Å². The minimum absolute atomic E-state index is 0.0258. The summed E-state index contributed by atoms with van der Waals surface area (Å²) >= 11 is 12.8. The summed E-state index contributed by atoms with van der Waals surface area (Å²) < 4.78 is 17.8. The van der Waals surface area contributed by atoms with Gasteiger partial charge in [-0.25, -0.2) is 4.98 Å². The van der Waals surface area contributed by atoms with Crippen molar-refractivity contribution in [2.24, 2.45) is 0 Å². The second-order valence-corrected chi connectivity index (χ2v) is 14.3. The number of pyridine rings is 1. The fourth-order valence-corrected chi connectivity index (χ4v) is 6.43. The minimum Gasteiger partial charge on any atom is -0.493 e. The molecule has 1 aliphatic heterocycles. The largest absolute Gasteiger partial charge is 0.493 e. The number of rotatable bonds is 14. The van der Waals surface area contributed by atoms with Gasteiger partial charge in [0, 0.05) is 67.9 Å². The van der Waals surface area contributed by atoms with E-state index in [2.05, 4.69) is 72.3 Å². The highest BCUT2D eigenvalue weighted by Gasteiger charge is 2.20. The zero-order chi connectivity index (χ0) is 37.2. The van der Waals surface area contributed by atoms with Gasteiger partial charge in [-0.2, -0.15) is 0 Å². The highest BCUT2D eigenvalue weighted by Crippen LogP contribution is 2.31. The first kappa shape index (κ1) is 37.9. The van der Waals surface area contributed by atoms with Crippen molar-refractivity contribution in [3.05, 3.63) is 153 Å². The lowest BCUT2D eigenvalue weighted by Gasteiger charge is -2.34. The number of ether oxygens (including phenoxy) is 3. The van der Waals surface area contributed by atoms with Gasteiger partial charge in [0.05, 0.1) is 17.8 Å². The van der Waals surface area contributed by atoms with E-state index >= 15 is 0 Å². The molecule has 6 rings (SSSR count). The van der Waals surface area contributed by atoms with E-state index in [9.17, 15) is 4.79 Å². The molecule has 274 valence electrons. The number of aryl methyl sites for hydroxylation is 1. The van der Waals surface area contributed by atoms with Crippen molar-refractivity contribution in [1.82, 2.24) is 14.8 Å². The SMILES string of the molecule is Cc1cc(C=CC(=O)N2CCN(Cc3ccc(CCOc4ccc(C(C)C)cc4)cc3)CC2)c(Cl)cc1Oc1ccc(OCc2ccccc2Cl)cn1. The number of carbonyl (C=O) groups is 1. The zero-order valence-corrected chi connectivity index (χ0v) is 31.9. The number of piperazine rings is 1. The van der Waals surface area contributed by atoms with Crippen molar-refractivity contribution < 1.29 is 19.0 Å². The predicted molar refractivity (Wildman–Crippen MR) is 213 cm³/mol. The Kier molecular flexibility index (Phi) is 13.1. The molecule has 7 nitrogen and oxygen atoms in total. The Morgan fingerprint density at radius 2 is 1.55 bits per heavy atom. The van der Waals surface area contributed by atoms with Crippen LogP contribution in [-0.2, 0) is 24.4 Å². The molecule has 0 saturated carbocycles. The van der Waals surface area contributed by atoms with Crippen LogP contribution >= 0.6 is 23.2 Å². The van der Waals surface area contributed by atoms with Crippen LogP contribution < -0.4 is 14.2 Å². The maximum Gasteiger partial charge on any atom is 0.246 e. The maximum absolute atomic E-state index is 13.1. The number of halogens is 2. The van der Waals surface area contributed by atoms with Gasteiger partial charge >= 0.3 is 0 Å². The lowest BCUT2D eigenvalue weighted by Crippen LogP contribution is -2.47. The van der Waals surface area contributed by atoms with Crippen LogP contribution in [-0.4, -0.2) is 53.5 Å². The van der Waals surface area contributed by atoms with Gasteiger partial charge in [0.1, 0.15) is 23.9 Å². The van der Waals surface area contributed by atoms with Gasteiger partial charge in [-0.05, 0) is 77.1 Å². The molecule has 2 heterocycles. The second kappa shape index (κ2) is 18.3.